The third-order valence-corrected chi connectivity index (χ3v) is 3.67. The zero-order chi connectivity index (χ0) is 14.9. The molecule has 0 bridgehead atoms. The number of amides is 1. The summed E-state index contributed by atoms with van der Waals surface area (Å²) in [6.45, 7) is 1.43. The molecule has 0 aromatic heterocycles. The van der Waals surface area contributed by atoms with Crippen molar-refractivity contribution in [2.45, 2.75) is 38.1 Å². The highest BCUT2D eigenvalue weighted by Crippen LogP contribution is 2.35. The Labute approximate surface area is 114 Å². The van der Waals surface area contributed by atoms with Crippen molar-refractivity contribution in [1.29, 1.82) is 0 Å². The van der Waals surface area contributed by atoms with E-state index in [1.54, 1.807) is 0 Å². The van der Waals surface area contributed by atoms with Gasteiger partial charge in [-0.2, -0.15) is 0 Å². The number of nitrogens with one attached hydrogen (secondary N) is 1. The minimum atomic E-state index is -1.01. The molecule has 0 unspecified atom stereocenters. The van der Waals surface area contributed by atoms with Crippen LogP contribution in [0.5, 0.6) is 0 Å². The molecular weight excluding hydrogens is 268 g/mol. The molecule has 0 aliphatic heterocycles. The number of rotatable bonds is 4. The molecule has 6 heteroatoms. The largest absolute Gasteiger partial charge is 0.481 e. The van der Waals surface area contributed by atoms with Crippen LogP contribution in [0.4, 0.5) is 8.78 Å². The molecule has 1 aliphatic rings. The molecule has 108 valence electrons. The highest BCUT2D eigenvalue weighted by atomic mass is 19.1. The molecule has 4 nitrogen and oxygen atoms in total. The maximum Gasteiger partial charge on any atom is 0.305 e. The average Bonchev–Trinajstić information content (AvgIpc) is 2.30. The Morgan fingerprint density at radius 1 is 1.30 bits per heavy atom. The minimum Gasteiger partial charge on any atom is -0.481 e. The van der Waals surface area contributed by atoms with Crippen molar-refractivity contribution in [2.24, 2.45) is 0 Å². The van der Waals surface area contributed by atoms with Crippen LogP contribution in [-0.4, -0.2) is 22.5 Å². The van der Waals surface area contributed by atoms with E-state index in [-0.39, 0.29) is 17.5 Å². The lowest BCUT2D eigenvalue weighted by Gasteiger charge is -2.41. The molecule has 1 fully saturated rings. The number of aryl methyl sites for hydroxylation is 1. The number of aliphatic carboxylic acids is 1. The first kappa shape index (κ1) is 14.4. The quantitative estimate of drug-likeness (QED) is 0.891. The van der Waals surface area contributed by atoms with Gasteiger partial charge < -0.3 is 10.4 Å². The maximum absolute atomic E-state index is 13.6. The van der Waals surface area contributed by atoms with E-state index in [9.17, 15) is 18.4 Å². The Balaban J connectivity index is 2.20. The summed E-state index contributed by atoms with van der Waals surface area (Å²) in [6, 6.07) is 1.79. The fraction of sp³-hybridized carbons (Fsp3) is 0.429. The SMILES string of the molecule is Cc1cc(C(=O)NC2(CC(=O)O)CCC2)c(F)cc1F. The number of carboxylic acids is 1. The predicted molar refractivity (Wildman–Crippen MR) is 67.4 cm³/mol. The first-order chi connectivity index (χ1) is 9.33. The second-order valence-electron chi connectivity index (χ2n) is 5.24. The molecule has 0 radical (unpaired) electrons. The van der Waals surface area contributed by atoms with E-state index >= 15 is 0 Å². The molecule has 0 heterocycles. The van der Waals surface area contributed by atoms with E-state index < -0.39 is 29.0 Å². The van der Waals surface area contributed by atoms with Crippen LogP contribution in [0.3, 0.4) is 0 Å². The lowest BCUT2D eigenvalue weighted by atomic mass is 9.74. The van der Waals surface area contributed by atoms with Crippen molar-refractivity contribution in [3.05, 3.63) is 34.9 Å². The van der Waals surface area contributed by atoms with E-state index in [2.05, 4.69) is 5.32 Å². The molecule has 1 aromatic carbocycles. The summed E-state index contributed by atoms with van der Waals surface area (Å²) >= 11 is 0. The van der Waals surface area contributed by atoms with Crippen LogP contribution in [0.15, 0.2) is 12.1 Å². The molecule has 0 saturated heterocycles. The molecular formula is C14H15F2NO3. The number of halogens is 2. The molecule has 0 atom stereocenters. The van der Waals surface area contributed by atoms with Crippen molar-refractivity contribution in [3.63, 3.8) is 0 Å². The Morgan fingerprint density at radius 2 is 1.95 bits per heavy atom. The van der Waals surface area contributed by atoms with Crippen LogP contribution in [0.25, 0.3) is 0 Å². The lowest BCUT2D eigenvalue weighted by molar-refractivity contribution is -0.139. The lowest BCUT2D eigenvalue weighted by Crippen LogP contribution is -2.54. The van der Waals surface area contributed by atoms with E-state index in [4.69, 9.17) is 5.11 Å². The molecule has 1 aliphatic carbocycles. The number of benzene rings is 1. The summed E-state index contributed by atoms with van der Waals surface area (Å²) in [6.07, 6.45) is 1.72. The summed E-state index contributed by atoms with van der Waals surface area (Å²) in [5.74, 6) is -3.38. The smallest absolute Gasteiger partial charge is 0.305 e. The van der Waals surface area contributed by atoms with E-state index in [1.165, 1.54) is 6.92 Å². The van der Waals surface area contributed by atoms with Crippen LogP contribution < -0.4 is 5.32 Å². The van der Waals surface area contributed by atoms with Crippen LogP contribution in [0.2, 0.25) is 0 Å². The van der Waals surface area contributed by atoms with Gasteiger partial charge in [0.25, 0.3) is 5.91 Å². The Hall–Kier alpha value is -1.98. The van der Waals surface area contributed by atoms with Gasteiger partial charge >= 0.3 is 5.97 Å². The zero-order valence-electron chi connectivity index (χ0n) is 11.0. The van der Waals surface area contributed by atoms with Gasteiger partial charge in [0.1, 0.15) is 11.6 Å². The predicted octanol–water partition coefficient (Wildman–Crippen LogP) is 2.40. The summed E-state index contributed by atoms with van der Waals surface area (Å²) in [5.41, 5.74) is -0.907. The Kier molecular flexibility index (Phi) is 3.74. The van der Waals surface area contributed by atoms with E-state index in [1.807, 2.05) is 0 Å². The fourth-order valence-electron chi connectivity index (χ4n) is 2.38. The van der Waals surface area contributed by atoms with Gasteiger partial charge in [-0.3, -0.25) is 9.59 Å². The van der Waals surface area contributed by atoms with Crippen LogP contribution in [0.1, 0.15) is 41.6 Å². The molecule has 0 spiro atoms. The summed E-state index contributed by atoms with van der Waals surface area (Å²) in [5, 5.41) is 11.4. The van der Waals surface area contributed by atoms with Crippen molar-refractivity contribution < 1.29 is 23.5 Å². The molecule has 2 N–H and O–H groups in total. The maximum atomic E-state index is 13.6. The number of carbonyl (C=O) groups excluding carboxylic acids is 1. The summed E-state index contributed by atoms with van der Waals surface area (Å²) in [4.78, 5) is 22.9. The van der Waals surface area contributed by atoms with Gasteiger partial charge in [0.15, 0.2) is 0 Å². The van der Waals surface area contributed by atoms with Gasteiger partial charge in [0.05, 0.1) is 17.5 Å². The van der Waals surface area contributed by atoms with Crippen molar-refractivity contribution >= 4 is 11.9 Å². The van der Waals surface area contributed by atoms with Crippen LogP contribution in [-0.2, 0) is 4.79 Å². The molecule has 1 saturated carbocycles. The number of carbonyl (C=O) groups is 2. The minimum absolute atomic E-state index is 0.164. The second kappa shape index (κ2) is 5.19. The average molecular weight is 283 g/mol. The van der Waals surface area contributed by atoms with E-state index in [0.29, 0.717) is 18.9 Å². The topological polar surface area (TPSA) is 66.4 Å². The third kappa shape index (κ3) is 2.79. The zero-order valence-corrected chi connectivity index (χ0v) is 11.0. The number of hydrogen-bond donors (Lipinski definition) is 2. The fourth-order valence-corrected chi connectivity index (χ4v) is 2.38. The second-order valence-corrected chi connectivity index (χ2v) is 5.24. The normalized spacial score (nSPS) is 16.4. The third-order valence-electron chi connectivity index (χ3n) is 3.67. The first-order valence-electron chi connectivity index (χ1n) is 6.33. The molecule has 1 aromatic rings. The van der Waals surface area contributed by atoms with Gasteiger partial charge in [-0.05, 0) is 37.8 Å². The monoisotopic (exact) mass is 283 g/mol. The van der Waals surface area contributed by atoms with Gasteiger partial charge in [-0.25, -0.2) is 8.78 Å². The first-order valence-corrected chi connectivity index (χ1v) is 6.33. The summed E-state index contributed by atoms with van der Waals surface area (Å²) < 4.78 is 26.8. The van der Waals surface area contributed by atoms with Crippen molar-refractivity contribution in [1.82, 2.24) is 5.32 Å². The Morgan fingerprint density at radius 3 is 2.45 bits per heavy atom. The van der Waals surface area contributed by atoms with Crippen LogP contribution >= 0.6 is 0 Å². The summed E-state index contributed by atoms with van der Waals surface area (Å²) in [7, 11) is 0. The van der Waals surface area contributed by atoms with Gasteiger partial charge in [0.2, 0.25) is 0 Å². The van der Waals surface area contributed by atoms with Crippen LogP contribution in [0, 0.1) is 18.6 Å². The van der Waals surface area contributed by atoms with Gasteiger partial charge in [0, 0.05) is 6.07 Å². The highest BCUT2D eigenvalue weighted by Gasteiger charge is 2.40. The number of hydrogen-bond acceptors (Lipinski definition) is 2. The van der Waals surface area contributed by atoms with Crippen molar-refractivity contribution in [3.8, 4) is 0 Å². The standard InChI is InChI=1S/C14H15F2NO3/c1-8-5-9(11(16)6-10(8)15)13(20)17-14(3-2-4-14)7-12(18)19/h5-6H,2-4,7H2,1H3,(H,17,20)(H,18,19). The highest BCUT2D eigenvalue weighted by molar-refractivity contribution is 5.95. The molecule has 20 heavy (non-hydrogen) atoms. The molecule has 1 amide bonds. The Bertz CT molecular complexity index is 568. The van der Waals surface area contributed by atoms with Gasteiger partial charge in [-0.1, -0.05) is 0 Å². The van der Waals surface area contributed by atoms with Crippen molar-refractivity contribution in [2.75, 3.05) is 0 Å². The number of carboxylic acid groups (broad SMARTS) is 1. The van der Waals surface area contributed by atoms with E-state index in [0.717, 1.165) is 12.5 Å². The van der Waals surface area contributed by atoms with Gasteiger partial charge in [-0.15, -0.1) is 0 Å². The molecule has 2 rings (SSSR count).